The molecular formula is C15H18BrNO2. The third-order valence-corrected chi connectivity index (χ3v) is 4.59. The first-order valence-corrected chi connectivity index (χ1v) is 7.66. The Kier molecular flexibility index (Phi) is 3.63. The molecule has 0 radical (unpaired) electrons. The number of hydrogen-bond donors (Lipinski definition) is 1. The third kappa shape index (κ3) is 2.84. The fraction of sp³-hybridized carbons (Fsp3) is 0.533. The van der Waals surface area contributed by atoms with Crippen LogP contribution in [0.15, 0.2) is 28.7 Å². The second kappa shape index (κ2) is 5.25. The maximum Gasteiger partial charge on any atom is 0.226 e. The molecule has 0 heterocycles. The lowest BCUT2D eigenvalue weighted by Crippen LogP contribution is -2.29. The van der Waals surface area contributed by atoms with Gasteiger partial charge in [0.25, 0.3) is 0 Å². The Labute approximate surface area is 121 Å². The Morgan fingerprint density at radius 1 is 1.42 bits per heavy atom. The van der Waals surface area contributed by atoms with E-state index in [9.17, 15) is 4.79 Å². The molecule has 0 saturated heterocycles. The maximum absolute atomic E-state index is 12.0. The van der Waals surface area contributed by atoms with Crippen molar-refractivity contribution in [2.45, 2.75) is 37.8 Å². The third-order valence-electron chi connectivity index (χ3n) is 3.87. The van der Waals surface area contributed by atoms with E-state index in [-0.39, 0.29) is 17.9 Å². The molecule has 3 rings (SSSR count). The lowest BCUT2D eigenvalue weighted by molar-refractivity contribution is -0.123. The summed E-state index contributed by atoms with van der Waals surface area (Å²) in [5.74, 6) is 0.710. The summed E-state index contributed by atoms with van der Waals surface area (Å²) < 4.78 is 6.59. The van der Waals surface area contributed by atoms with Gasteiger partial charge in [0.05, 0.1) is 12.0 Å². The molecule has 2 aliphatic carbocycles. The first-order valence-electron chi connectivity index (χ1n) is 6.87. The standard InChI is InChI=1S/C15H18BrNO2/c1-2-19-14-8-11(14)15(18)17-13-7-10(13)9-5-3-4-6-12(9)16/h3-6,10-11,13-14H,2,7-8H2,1H3,(H,17,18)/t10-,11+,13-,14-/m1/s1. The number of benzene rings is 1. The molecule has 0 aromatic heterocycles. The molecule has 0 unspecified atom stereocenters. The second-order valence-electron chi connectivity index (χ2n) is 5.31. The first kappa shape index (κ1) is 13.1. The predicted molar refractivity (Wildman–Crippen MR) is 77.0 cm³/mol. The minimum atomic E-state index is 0.0837. The first-order chi connectivity index (χ1) is 9.20. The molecule has 102 valence electrons. The van der Waals surface area contributed by atoms with Gasteiger partial charge in [0.2, 0.25) is 5.91 Å². The molecule has 1 N–H and O–H groups in total. The Hall–Kier alpha value is -0.870. The van der Waals surface area contributed by atoms with Crippen LogP contribution in [-0.2, 0) is 9.53 Å². The quantitative estimate of drug-likeness (QED) is 0.904. The van der Waals surface area contributed by atoms with Crippen molar-refractivity contribution in [1.82, 2.24) is 5.32 Å². The fourth-order valence-electron chi connectivity index (χ4n) is 2.61. The van der Waals surface area contributed by atoms with E-state index in [4.69, 9.17) is 4.74 Å². The molecule has 1 aromatic rings. The van der Waals surface area contributed by atoms with Crippen LogP contribution < -0.4 is 5.32 Å². The topological polar surface area (TPSA) is 38.3 Å². The summed E-state index contributed by atoms with van der Waals surface area (Å²) in [7, 11) is 0. The van der Waals surface area contributed by atoms with E-state index in [2.05, 4.69) is 33.4 Å². The summed E-state index contributed by atoms with van der Waals surface area (Å²) in [5, 5.41) is 3.14. The number of carbonyl (C=O) groups is 1. The van der Waals surface area contributed by atoms with Gasteiger partial charge in [-0.15, -0.1) is 0 Å². The predicted octanol–water partition coefficient (Wildman–Crippen LogP) is 2.85. The number of halogens is 1. The number of carbonyl (C=O) groups excluding carboxylic acids is 1. The van der Waals surface area contributed by atoms with Crippen LogP contribution in [0, 0.1) is 5.92 Å². The van der Waals surface area contributed by atoms with E-state index in [0.717, 1.165) is 17.3 Å². The number of amides is 1. The van der Waals surface area contributed by atoms with Gasteiger partial charge in [-0.3, -0.25) is 4.79 Å². The molecule has 4 atom stereocenters. The number of nitrogens with one attached hydrogen (secondary N) is 1. The minimum absolute atomic E-state index is 0.0837. The van der Waals surface area contributed by atoms with Crippen molar-refractivity contribution >= 4 is 21.8 Å². The number of rotatable bonds is 5. The van der Waals surface area contributed by atoms with Gasteiger partial charge in [-0.1, -0.05) is 34.1 Å². The van der Waals surface area contributed by atoms with Crippen molar-refractivity contribution in [3.05, 3.63) is 34.3 Å². The molecule has 2 saturated carbocycles. The van der Waals surface area contributed by atoms with Crippen molar-refractivity contribution in [1.29, 1.82) is 0 Å². The van der Waals surface area contributed by atoms with E-state index in [1.54, 1.807) is 0 Å². The van der Waals surface area contributed by atoms with Gasteiger partial charge in [-0.25, -0.2) is 0 Å². The summed E-state index contributed by atoms with van der Waals surface area (Å²) in [6.07, 6.45) is 2.08. The highest BCUT2D eigenvalue weighted by atomic mass is 79.9. The Morgan fingerprint density at radius 2 is 2.21 bits per heavy atom. The monoisotopic (exact) mass is 323 g/mol. The zero-order chi connectivity index (χ0) is 13.4. The number of hydrogen-bond acceptors (Lipinski definition) is 2. The van der Waals surface area contributed by atoms with Crippen LogP contribution >= 0.6 is 15.9 Å². The van der Waals surface area contributed by atoms with E-state index >= 15 is 0 Å². The molecule has 0 aliphatic heterocycles. The van der Waals surface area contributed by atoms with E-state index in [0.29, 0.717) is 18.6 Å². The molecule has 4 heteroatoms. The van der Waals surface area contributed by atoms with Crippen molar-refractivity contribution in [2.75, 3.05) is 6.61 Å². The van der Waals surface area contributed by atoms with Crippen molar-refractivity contribution in [3.8, 4) is 0 Å². The van der Waals surface area contributed by atoms with E-state index in [1.807, 2.05) is 19.1 Å². The Bertz CT molecular complexity index is 491. The van der Waals surface area contributed by atoms with Crippen LogP contribution in [0.25, 0.3) is 0 Å². The molecule has 1 amide bonds. The molecule has 2 fully saturated rings. The Balaban J connectivity index is 1.52. The van der Waals surface area contributed by atoms with Gasteiger partial charge in [0, 0.05) is 23.0 Å². The van der Waals surface area contributed by atoms with Gasteiger partial charge in [0.15, 0.2) is 0 Å². The molecule has 2 aliphatic rings. The van der Waals surface area contributed by atoms with Gasteiger partial charge >= 0.3 is 0 Å². The van der Waals surface area contributed by atoms with Crippen LogP contribution in [0.4, 0.5) is 0 Å². The Morgan fingerprint density at radius 3 is 2.95 bits per heavy atom. The van der Waals surface area contributed by atoms with Crippen molar-refractivity contribution in [2.24, 2.45) is 5.92 Å². The highest BCUT2D eigenvalue weighted by Crippen LogP contribution is 2.44. The summed E-state index contributed by atoms with van der Waals surface area (Å²) in [4.78, 5) is 12.0. The molecule has 3 nitrogen and oxygen atoms in total. The van der Waals surface area contributed by atoms with Crippen LogP contribution in [0.1, 0.15) is 31.2 Å². The average molecular weight is 324 g/mol. The molecule has 19 heavy (non-hydrogen) atoms. The fourth-order valence-corrected chi connectivity index (χ4v) is 3.19. The van der Waals surface area contributed by atoms with Crippen LogP contribution in [0.2, 0.25) is 0 Å². The van der Waals surface area contributed by atoms with Crippen LogP contribution in [0.5, 0.6) is 0 Å². The van der Waals surface area contributed by atoms with Gasteiger partial charge in [-0.2, -0.15) is 0 Å². The average Bonchev–Trinajstić information content (AvgIpc) is 3.27. The summed E-state index contributed by atoms with van der Waals surface area (Å²) in [6.45, 7) is 2.66. The maximum atomic E-state index is 12.0. The highest BCUT2D eigenvalue weighted by Gasteiger charge is 2.47. The number of ether oxygens (including phenoxy) is 1. The summed E-state index contributed by atoms with van der Waals surface area (Å²) in [5.41, 5.74) is 1.30. The smallest absolute Gasteiger partial charge is 0.226 e. The zero-order valence-electron chi connectivity index (χ0n) is 10.9. The normalized spacial score (nSPS) is 31.9. The molecule has 0 bridgehead atoms. The largest absolute Gasteiger partial charge is 0.378 e. The summed E-state index contributed by atoms with van der Waals surface area (Å²) in [6, 6.07) is 8.54. The minimum Gasteiger partial charge on any atom is -0.378 e. The summed E-state index contributed by atoms with van der Waals surface area (Å²) >= 11 is 3.57. The second-order valence-corrected chi connectivity index (χ2v) is 6.17. The van der Waals surface area contributed by atoms with Gasteiger partial charge in [0.1, 0.15) is 0 Å². The van der Waals surface area contributed by atoms with E-state index in [1.165, 1.54) is 5.56 Å². The van der Waals surface area contributed by atoms with Gasteiger partial charge < -0.3 is 10.1 Å². The van der Waals surface area contributed by atoms with Gasteiger partial charge in [-0.05, 0) is 31.4 Å². The van der Waals surface area contributed by atoms with Crippen LogP contribution in [-0.4, -0.2) is 24.7 Å². The molecule has 1 aromatic carbocycles. The molecule has 0 spiro atoms. The van der Waals surface area contributed by atoms with Crippen LogP contribution in [0.3, 0.4) is 0 Å². The SMILES string of the molecule is CCO[C@@H]1C[C@@H]1C(=O)N[C@@H]1C[C@@H]1c1ccccc1Br. The lowest BCUT2D eigenvalue weighted by atomic mass is 10.1. The molecular weight excluding hydrogens is 306 g/mol. The van der Waals surface area contributed by atoms with Crippen molar-refractivity contribution < 1.29 is 9.53 Å². The van der Waals surface area contributed by atoms with Crippen molar-refractivity contribution in [3.63, 3.8) is 0 Å². The zero-order valence-corrected chi connectivity index (χ0v) is 12.5. The lowest BCUT2D eigenvalue weighted by Gasteiger charge is -2.06. The van der Waals surface area contributed by atoms with E-state index < -0.39 is 0 Å². The highest BCUT2D eigenvalue weighted by molar-refractivity contribution is 9.10.